The molecule has 0 unspecified atom stereocenters. The van der Waals surface area contributed by atoms with Gasteiger partial charge in [0, 0.05) is 29.4 Å². The average Bonchev–Trinajstić information content (AvgIpc) is 2.39. The fourth-order valence-electron chi connectivity index (χ4n) is 1.90. The van der Waals surface area contributed by atoms with Gasteiger partial charge >= 0.3 is 0 Å². The first-order valence-corrected chi connectivity index (χ1v) is 5.91. The third-order valence-corrected chi connectivity index (χ3v) is 3.02. The number of nitrogens with one attached hydrogen (secondary N) is 1. The fraction of sp³-hybridized carbons (Fsp3) is 0.143. The van der Waals surface area contributed by atoms with E-state index >= 15 is 0 Å². The highest BCUT2D eigenvalue weighted by atomic mass is 19.1. The minimum Gasteiger partial charge on any atom is -0.380 e. The fourth-order valence-corrected chi connectivity index (χ4v) is 1.90. The number of anilines is 1. The van der Waals surface area contributed by atoms with E-state index in [1.165, 1.54) is 30.3 Å². The van der Waals surface area contributed by atoms with Gasteiger partial charge in [-0.05, 0) is 25.1 Å². The lowest BCUT2D eigenvalue weighted by molar-refractivity contribution is -0.385. The summed E-state index contributed by atoms with van der Waals surface area (Å²) in [7, 11) is 0. The minimum atomic E-state index is -0.652. The summed E-state index contributed by atoms with van der Waals surface area (Å²) >= 11 is 0. The molecule has 0 saturated heterocycles. The Hall–Kier alpha value is -2.50. The molecule has 4 nitrogen and oxygen atoms in total. The van der Waals surface area contributed by atoms with Crippen LogP contribution < -0.4 is 5.32 Å². The van der Waals surface area contributed by atoms with Crippen molar-refractivity contribution in [3.05, 3.63) is 69.3 Å². The molecule has 0 heterocycles. The molecule has 0 radical (unpaired) electrons. The highest BCUT2D eigenvalue weighted by molar-refractivity contribution is 5.59. The van der Waals surface area contributed by atoms with Gasteiger partial charge in [0.1, 0.15) is 11.6 Å². The van der Waals surface area contributed by atoms with Crippen molar-refractivity contribution in [3.8, 4) is 0 Å². The Balaban J connectivity index is 2.24. The lowest BCUT2D eigenvalue weighted by Gasteiger charge is -2.10. The summed E-state index contributed by atoms with van der Waals surface area (Å²) in [6, 6.07) is 8.14. The maximum atomic E-state index is 13.5. The largest absolute Gasteiger partial charge is 0.380 e. The number of nitrogens with zero attached hydrogens (tertiary/aromatic N) is 1. The van der Waals surface area contributed by atoms with Crippen LogP contribution in [0.1, 0.15) is 11.1 Å². The molecule has 0 saturated carbocycles. The Morgan fingerprint density at radius 1 is 1.15 bits per heavy atom. The molecule has 0 fully saturated rings. The number of nitro benzene ring substituents is 1. The molecule has 0 spiro atoms. The Kier molecular flexibility index (Phi) is 3.93. The molecule has 0 amide bonds. The summed E-state index contributed by atoms with van der Waals surface area (Å²) < 4.78 is 26.9. The van der Waals surface area contributed by atoms with E-state index in [-0.39, 0.29) is 17.8 Å². The molecule has 2 rings (SSSR count). The van der Waals surface area contributed by atoms with Crippen molar-refractivity contribution in [1.82, 2.24) is 0 Å². The highest BCUT2D eigenvalue weighted by Crippen LogP contribution is 2.25. The van der Waals surface area contributed by atoms with Crippen molar-refractivity contribution >= 4 is 11.4 Å². The second-order valence-corrected chi connectivity index (χ2v) is 4.26. The number of halogens is 2. The predicted octanol–water partition coefficient (Wildman–Crippen LogP) is 3.79. The first-order valence-electron chi connectivity index (χ1n) is 5.91. The Bertz CT molecular complexity index is 639. The standard InChI is InChI=1S/C14H12F2N2O2/c1-9-13(6-3-7-14(9)18(19)20)17-8-10-11(15)4-2-5-12(10)16/h2-7,17H,8H2,1H3. The molecule has 0 aliphatic heterocycles. The number of rotatable bonds is 4. The zero-order chi connectivity index (χ0) is 14.7. The van der Waals surface area contributed by atoms with Crippen LogP contribution in [0.4, 0.5) is 20.2 Å². The van der Waals surface area contributed by atoms with Crippen molar-refractivity contribution in [3.63, 3.8) is 0 Å². The smallest absolute Gasteiger partial charge is 0.274 e. The highest BCUT2D eigenvalue weighted by Gasteiger charge is 2.14. The van der Waals surface area contributed by atoms with Crippen LogP contribution in [0.3, 0.4) is 0 Å². The van der Waals surface area contributed by atoms with E-state index in [0.717, 1.165) is 0 Å². The second-order valence-electron chi connectivity index (χ2n) is 4.26. The number of hydrogen-bond donors (Lipinski definition) is 1. The first kappa shape index (κ1) is 13.9. The normalized spacial score (nSPS) is 10.3. The molecule has 1 N–H and O–H groups in total. The average molecular weight is 278 g/mol. The van der Waals surface area contributed by atoms with Crippen molar-refractivity contribution < 1.29 is 13.7 Å². The number of benzene rings is 2. The summed E-state index contributed by atoms with van der Waals surface area (Å²) in [6.45, 7) is 1.50. The van der Waals surface area contributed by atoms with Crippen molar-refractivity contribution in [2.24, 2.45) is 0 Å². The van der Waals surface area contributed by atoms with Crippen molar-refractivity contribution in [1.29, 1.82) is 0 Å². The van der Waals surface area contributed by atoms with Gasteiger partial charge in [0.05, 0.1) is 4.92 Å². The number of nitro groups is 1. The molecule has 0 aliphatic carbocycles. The third kappa shape index (κ3) is 2.74. The topological polar surface area (TPSA) is 55.2 Å². The molecule has 0 atom stereocenters. The summed E-state index contributed by atoms with van der Waals surface area (Å²) in [5, 5.41) is 13.6. The van der Waals surface area contributed by atoms with Gasteiger partial charge in [-0.2, -0.15) is 0 Å². The number of hydrogen-bond acceptors (Lipinski definition) is 3. The predicted molar refractivity (Wildman–Crippen MR) is 71.5 cm³/mol. The molecule has 0 bridgehead atoms. The van der Waals surface area contributed by atoms with Crippen LogP contribution in [0.25, 0.3) is 0 Å². The van der Waals surface area contributed by atoms with Crippen molar-refractivity contribution in [2.45, 2.75) is 13.5 Å². The Labute approximate surface area is 114 Å². The van der Waals surface area contributed by atoms with Gasteiger partial charge in [0.25, 0.3) is 5.69 Å². The summed E-state index contributed by atoms with van der Waals surface area (Å²) in [6.07, 6.45) is 0. The Morgan fingerprint density at radius 3 is 2.35 bits per heavy atom. The van der Waals surface area contributed by atoms with Crippen LogP contribution in [-0.2, 0) is 6.54 Å². The summed E-state index contributed by atoms with van der Waals surface area (Å²) in [5.41, 5.74) is 0.763. The maximum Gasteiger partial charge on any atom is 0.274 e. The van der Waals surface area contributed by atoms with E-state index in [2.05, 4.69) is 5.32 Å². The molecule has 20 heavy (non-hydrogen) atoms. The molecule has 0 aliphatic rings. The van der Waals surface area contributed by atoms with Crippen LogP contribution in [0.15, 0.2) is 36.4 Å². The second kappa shape index (κ2) is 5.64. The lowest BCUT2D eigenvalue weighted by Crippen LogP contribution is -2.06. The summed E-state index contributed by atoms with van der Waals surface area (Å²) in [5.74, 6) is -1.30. The van der Waals surface area contributed by atoms with E-state index in [0.29, 0.717) is 11.3 Å². The van der Waals surface area contributed by atoms with Gasteiger partial charge in [-0.15, -0.1) is 0 Å². The van der Waals surface area contributed by atoms with Crippen LogP contribution in [0.2, 0.25) is 0 Å². The van der Waals surface area contributed by atoms with E-state index < -0.39 is 16.6 Å². The molecular weight excluding hydrogens is 266 g/mol. The van der Waals surface area contributed by atoms with Crippen LogP contribution in [-0.4, -0.2) is 4.92 Å². The van der Waals surface area contributed by atoms with E-state index in [9.17, 15) is 18.9 Å². The van der Waals surface area contributed by atoms with Gasteiger partial charge in [0.15, 0.2) is 0 Å². The SMILES string of the molecule is Cc1c(NCc2c(F)cccc2F)cccc1[N+](=O)[O-]. The maximum absolute atomic E-state index is 13.5. The molecular formula is C14H12F2N2O2. The molecule has 2 aromatic rings. The van der Waals surface area contributed by atoms with E-state index in [4.69, 9.17) is 0 Å². The minimum absolute atomic E-state index is 0.0380. The lowest BCUT2D eigenvalue weighted by atomic mass is 10.1. The van der Waals surface area contributed by atoms with Gasteiger partial charge in [-0.1, -0.05) is 12.1 Å². The monoisotopic (exact) mass is 278 g/mol. The molecule has 104 valence electrons. The van der Waals surface area contributed by atoms with Crippen LogP contribution >= 0.6 is 0 Å². The zero-order valence-electron chi connectivity index (χ0n) is 10.7. The van der Waals surface area contributed by atoms with E-state index in [1.54, 1.807) is 13.0 Å². The molecule has 0 aromatic heterocycles. The van der Waals surface area contributed by atoms with Crippen molar-refractivity contribution in [2.75, 3.05) is 5.32 Å². The quantitative estimate of drug-likeness (QED) is 0.683. The first-order chi connectivity index (χ1) is 9.50. The van der Waals surface area contributed by atoms with Gasteiger partial charge in [-0.3, -0.25) is 10.1 Å². The van der Waals surface area contributed by atoms with Gasteiger partial charge in [0.2, 0.25) is 0 Å². The molecule has 6 heteroatoms. The zero-order valence-corrected chi connectivity index (χ0v) is 10.7. The van der Waals surface area contributed by atoms with Gasteiger partial charge in [-0.25, -0.2) is 8.78 Å². The third-order valence-electron chi connectivity index (χ3n) is 3.02. The molecule has 2 aromatic carbocycles. The van der Waals surface area contributed by atoms with E-state index in [1.807, 2.05) is 0 Å². The summed E-state index contributed by atoms with van der Waals surface area (Å²) in [4.78, 5) is 10.3. The van der Waals surface area contributed by atoms with Gasteiger partial charge < -0.3 is 5.32 Å². The van der Waals surface area contributed by atoms with Crippen LogP contribution in [0, 0.1) is 28.7 Å². The Morgan fingerprint density at radius 2 is 1.75 bits per heavy atom. The van der Waals surface area contributed by atoms with Crippen LogP contribution in [0.5, 0.6) is 0 Å².